The van der Waals surface area contributed by atoms with Crippen LogP contribution in [0.1, 0.15) is 26.2 Å². The Morgan fingerprint density at radius 2 is 2.29 bits per heavy atom. The zero-order valence-corrected chi connectivity index (χ0v) is 10.5. The largest absolute Gasteiger partial charge is 0.384 e. The summed E-state index contributed by atoms with van der Waals surface area (Å²) in [5, 5.41) is 3.80. The molecule has 0 aliphatic carbocycles. The molecule has 0 unspecified atom stereocenters. The molecule has 0 amide bonds. The number of hydrogen-bond acceptors (Lipinski definition) is 2. The fourth-order valence-electron chi connectivity index (χ4n) is 1.13. The van der Waals surface area contributed by atoms with Crippen molar-refractivity contribution in [3.63, 3.8) is 0 Å². The van der Waals surface area contributed by atoms with E-state index in [4.69, 9.17) is 11.6 Å². The molecule has 0 saturated heterocycles. The summed E-state index contributed by atoms with van der Waals surface area (Å²) < 4.78 is 0.833. The van der Waals surface area contributed by atoms with Crippen LogP contribution in [0.5, 0.6) is 0 Å². The fourth-order valence-corrected chi connectivity index (χ4v) is 1.58. The van der Waals surface area contributed by atoms with Gasteiger partial charge in [0.25, 0.3) is 0 Å². The van der Waals surface area contributed by atoms with Gasteiger partial charge in [-0.05, 0) is 28.4 Å². The highest BCUT2D eigenvalue weighted by Gasteiger charge is 1.99. The van der Waals surface area contributed by atoms with E-state index in [1.54, 1.807) is 6.20 Å². The summed E-state index contributed by atoms with van der Waals surface area (Å²) in [5.74, 6) is 0. The molecule has 2 nitrogen and oxygen atoms in total. The van der Waals surface area contributed by atoms with E-state index in [-0.39, 0.29) is 0 Å². The van der Waals surface area contributed by atoms with E-state index >= 15 is 0 Å². The standard InChI is InChI=1S/C10H14BrClN2/c1-2-3-4-5-13-8-6-9(11)10(12)14-7-8/h6-7,13H,2-5H2,1H3. The number of halogens is 2. The van der Waals surface area contributed by atoms with E-state index in [0.717, 1.165) is 16.7 Å². The molecule has 0 saturated carbocycles. The highest BCUT2D eigenvalue weighted by molar-refractivity contribution is 9.10. The monoisotopic (exact) mass is 276 g/mol. The van der Waals surface area contributed by atoms with E-state index in [0.29, 0.717) is 5.15 Å². The van der Waals surface area contributed by atoms with Gasteiger partial charge in [0.15, 0.2) is 0 Å². The summed E-state index contributed by atoms with van der Waals surface area (Å²) in [5.41, 5.74) is 1.01. The predicted octanol–water partition coefficient (Wildman–Crippen LogP) is 4.10. The summed E-state index contributed by atoms with van der Waals surface area (Å²) in [7, 11) is 0. The number of anilines is 1. The van der Waals surface area contributed by atoms with Gasteiger partial charge in [-0.2, -0.15) is 0 Å². The van der Waals surface area contributed by atoms with Crippen LogP contribution in [-0.2, 0) is 0 Å². The van der Waals surface area contributed by atoms with E-state index in [1.165, 1.54) is 19.3 Å². The first-order chi connectivity index (χ1) is 6.74. The maximum Gasteiger partial charge on any atom is 0.143 e. The Morgan fingerprint density at radius 3 is 2.93 bits per heavy atom. The number of nitrogens with zero attached hydrogens (tertiary/aromatic N) is 1. The Labute approximate surface area is 98.2 Å². The normalized spacial score (nSPS) is 10.2. The topological polar surface area (TPSA) is 24.9 Å². The minimum absolute atomic E-state index is 0.504. The molecule has 0 atom stereocenters. The van der Waals surface area contributed by atoms with E-state index in [9.17, 15) is 0 Å². The SMILES string of the molecule is CCCCCNc1cnc(Cl)c(Br)c1. The molecule has 0 aliphatic rings. The van der Waals surface area contributed by atoms with Crippen LogP contribution in [0.4, 0.5) is 5.69 Å². The Balaban J connectivity index is 2.39. The molecule has 0 aromatic carbocycles. The highest BCUT2D eigenvalue weighted by atomic mass is 79.9. The molecule has 0 aliphatic heterocycles. The third-order valence-electron chi connectivity index (χ3n) is 1.91. The molecule has 1 rings (SSSR count). The lowest BCUT2D eigenvalue weighted by atomic mass is 10.2. The molecular weight excluding hydrogens is 263 g/mol. The number of unbranched alkanes of at least 4 members (excludes halogenated alkanes) is 2. The second-order valence-electron chi connectivity index (χ2n) is 3.13. The summed E-state index contributed by atoms with van der Waals surface area (Å²) in [6.45, 7) is 3.18. The maximum absolute atomic E-state index is 5.78. The van der Waals surface area contributed by atoms with Crippen LogP contribution >= 0.6 is 27.5 Å². The van der Waals surface area contributed by atoms with E-state index in [1.807, 2.05) is 6.07 Å². The molecule has 1 aromatic heterocycles. The van der Waals surface area contributed by atoms with Crippen molar-refractivity contribution < 1.29 is 0 Å². The van der Waals surface area contributed by atoms with Crippen LogP contribution < -0.4 is 5.32 Å². The lowest BCUT2D eigenvalue weighted by molar-refractivity contribution is 0.743. The van der Waals surface area contributed by atoms with Crippen molar-refractivity contribution in [1.29, 1.82) is 0 Å². The van der Waals surface area contributed by atoms with Crippen LogP contribution in [0.3, 0.4) is 0 Å². The lowest BCUT2D eigenvalue weighted by Crippen LogP contribution is -2.01. The minimum Gasteiger partial charge on any atom is -0.384 e. The number of hydrogen-bond donors (Lipinski definition) is 1. The Hall–Kier alpha value is -0.280. The third kappa shape index (κ3) is 3.84. The van der Waals surface area contributed by atoms with Crippen molar-refractivity contribution in [2.75, 3.05) is 11.9 Å². The number of rotatable bonds is 5. The molecule has 14 heavy (non-hydrogen) atoms. The molecule has 78 valence electrons. The van der Waals surface area contributed by atoms with E-state index in [2.05, 4.69) is 33.2 Å². The van der Waals surface area contributed by atoms with Crippen molar-refractivity contribution in [2.24, 2.45) is 0 Å². The number of pyridine rings is 1. The summed E-state index contributed by atoms with van der Waals surface area (Å²) >= 11 is 9.11. The second-order valence-corrected chi connectivity index (χ2v) is 4.34. The first kappa shape index (κ1) is 11.8. The summed E-state index contributed by atoms with van der Waals surface area (Å²) in [6.07, 6.45) is 5.44. The van der Waals surface area contributed by atoms with Crippen molar-refractivity contribution in [2.45, 2.75) is 26.2 Å². The number of nitrogens with one attached hydrogen (secondary N) is 1. The van der Waals surface area contributed by atoms with Gasteiger partial charge in [-0.3, -0.25) is 0 Å². The average molecular weight is 278 g/mol. The Kier molecular flexibility index (Phi) is 5.26. The molecule has 0 radical (unpaired) electrons. The fraction of sp³-hybridized carbons (Fsp3) is 0.500. The van der Waals surface area contributed by atoms with Gasteiger partial charge in [-0.25, -0.2) is 4.98 Å². The molecule has 1 aromatic rings. The van der Waals surface area contributed by atoms with Crippen LogP contribution in [-0.4, -0.2) is 11.5 Å². The third-order valence-corrected chi connectivity index (χ3v) is 3.04. The van der Waals surface area contributed by atoms with Crippen LogP contribution in [0.15, 0.2) is 16.7 Å². The van der Waals surface area contributed by atoms with Crippen molar-refractivity contribution >= 4 is 33.2 Å². The highest BCUT2D eigenvalue weighted by Crippen LogP contribution is 2.22. The molecule has 0 fully saturated rings. The quantitative estimate of drug-likeness (QED) is 0.647. The predicted molar refractivity (Wildman–Crippen MR) is 65.0 cm³/mol. The number of aromatic nitrogens is 1. The first-order valence-electron chi connectivity index (χ1n) is 4.79. The van der Waals surface area contributed by atoms with Crippen LogP contribution in [0.2, 0.25) is 5.15 Å². The molecule has 1 N–H and O–H groups in total. The molecule has 4 heteroatoms. The maximum atomic E-state index is 5.78. The van der Waals surface area contributed by atoms with Gasteiger partial charge in [0.05, 0.1) is 16.4 Å². The minimum atomic E-state index is 0.504. The van der Waals surface area contributed by atoms with Gasteiger partial charge in [0.1, 0.15) is 5.15 Å². The Bertz CT molecular complexity index is 291. The van der Waals surface area contributed by atoms with Gasteiger partial charge < -0.3 is 5.32 Å². The zero-order valence-electron chi connectivity index (χ0n) is 8.19. The molecular formula is C10H14BrClN2. The van der Waals surface area contributed by atoms with Crippen molar-refractivity contribution in [3.8, 4) is 0 Å². The van der Waals surface area contributed by atoms with Gasteiger partial charge in [0, 0.05) is 6.54 Å². The Morgan fingerprint density at radius 1 is 1.50 bits per heavy atom. The molecule has 1 heterocycles. The summed E-state index contributed by atoms with van der Waals surface area (Å²) in [4.78, 5) is 4.03. The average Bonchev–Trinajstić information content (AvgIpc) is 2.18. The first-order valence-corrected chi connectivity index (χ1v) is 5.96. The van der Waals surface area contributed by atoms with Crippen LogP contribution in [0, 0.1) is 0 Å². The lowest BCUT2D eigenvalue weighted by Gasteiger charge is -2.05. The zero-order chi connectivity index (χ0) is 10.4. The molecule has 0 bridgehead atoms. The second kappa shape index (κ2) is 6.25. The van der Waals surface area contributed by atoms with Gasteiger partial charge in [-0.1, -0.05) is 31.4 Å². The van der Waals surface area contributed by atoms with Crippen molar-refractivity contribution in [3.05, 3.63) is 21.9 Å². The summed E-state index contributed by atoms with van der Waals surface area (Å²) in [6, 6.07) is 1.95. The molecule has 0 spiro atoms. The van der Waals surface area contributed by atoms with Gasteiger partial charge in [-0.15, -0.1) is 0 Å². The van der Waals surface area contributed by atoms with Crippen LogP contribution in [0.25, 0.3) is 0 Å². The van der Waals surface area contributed by atoms with Crippen molar-refractivity contribution in [1.82, 2.24) is 4.98 Å². The van der Waals surface area contributed by atoms with Gasteiger partial charge in [0.2, 0.25) is 0 Å². The van der Waals surface area contributed by atoms with E-state index < -0.39 is 0 Å². The smallest absolute Gasteiger partial charge is 0.143 e. The van der Waals surface area contributed by atoms with Gasteiger partial charge >= 0.3 is 0 Å².